The van der Waals surface area contributed by atoms with E-state index in [4.69, 9.17) is 5.73 Å². The van der Waals surface area contributed by atoms with Crippen molar-refractivity contribution in [3.63, 3.8) is 0 Å². The minimum absolute atomic E-state index is 0.0124. The van der Waals surface area contributed by atoms with Gasteiger partial charge in [-0.05, 0) is 42.7 Å². The summed E-state index contributed by atoms with van der Waals surface area (Å²) in [6, 6.07) is 13.4. The Bertz CT molecular complexity index is 1260. The maximum atomic E-state index is 13.7. The highest BCUT2D eigenvalue weighted by molar-refractivity contribution is 5.92. The zero-order valence-electron chi connectivity index (χ0n) is 25.0. The van der Waals surface area contributed by atoms with Crippen molar-refractivity contribution in [3.05, 3.63) is 71.8 Å². The zero-order chi connectivity index (χ0) is 32.1. The molecule has 13 nitrogen and oxygen atoms in total. The lowest BCUT2D eigenvalue weighted by atomic mass is 9.99. The van der Waals surface area contributed by atoms with E-state index in [-0.39, 0.29) is 24.7 Å². The number of carbonyl (C=O) groups excluding carboxylic acids is 3. The van der Waals surface area contributed by atoms with Gasteiger partial charge in [0.25, 0.3) is 0 Å². The Labute approximate surface area is 257 Å². The van der Waals surface area contributed by atoms with Crippen molar-refractivity contribution >= 4 is 30.0 Å². The Morgan fingerprint density at radius 1 is 0.955 bits per heavy atom. The third-order valence-electron chi connectivity index (χ3n) is 7.15. The van der Waals surface area contributed by atoms with Gasteiger partial charge in [0.1, 0.15) is 24.4 Å². The number of aliphatic hydroxyl groups excluding tert-OH is 1. The van der Waals surface area contributed by atoms with E-state index in [1.807, 2.05) is 50.2 Å². The molecule has 44 heavy (non-hydrogen) atoms. The number of nitrogens with one attached hydrogen (secondary N) is 5. The maximum absolute atomic E-state index is 13.7. The van der Waals surface area contributed by atoms with Crippen LogP contribution in [0.5, 0.6) is 0 Å². The maximum Gasteiger partial charge on any atom is 0.321 e. The number of aliphatic carboxylic acids is 1. The molecule has 1 aliphatic rings. The second kappa shape index (κ2) is 17.1. The van der Waals surface area contributed by atoms with Crippen LogP contribution in [0.3, 0.4) is 0 Å². The fraction of sp³-hybridized carbons (Fsp3) is 0.452. The zero-order valence-corrected chi connectivity index (χ0v) is 25.0. The van der Waals surface area contributed by atoms with Crippen molar-refractivity contribution in [3.8, 4) is 0 Å². The van der Waals surface area contributed by atoms with Crippen LogP contribution in [0.4, 0.5) is 0 Å². The van der Waals surface area contributed by atoms with Crippen LogP contribution in [0.2, 0.25) is 0 Å². The van der Waals surface area contributed by atoms with Gasteiger partial charge >= 0.3 is 5.97 Å². The molecule has 0 aromatic heterocycles. The van der Waals surface area contributed by atoms with Gasteiger partial charge in [0.2, 0.25) is 11.8 Å². The van der Waals surface area contributed by atoms with Gasteiger partial charge in [0.05, 0.1) is 12.1 Å². The molecule has 1 aliphatic heterocycles. The van der Waals surface area contributed by atoms with Crippen LogP contribution in [0, 0.1) is 5.92 Å². The first-order chi connectivity index (χ1) is 21.0. The van der Waals surface area contributed by atoms with Crippen LogP contribution >= 0.6 is 0 Å². The normalized spacial score (nSPS) is 18.1. The van der Waals surface area contributed by atoms with E-state index in [0.717, 1.165) is 11.1 Å². The second-order valence-electron chi connectivity index (χ2n) is 11.2. The molecule has 2 aromatic carbocycles. The molecule has 2 amide bonds. The highest BCUT2D eigenvalue weighted by atomic mass is 16.4. The minimum atomic E-state index is -1.61. The first-order valence-electron chi connectivity index (χ1n) is 14.7. The molecule has 238 valence electrons. The number of carbonyl (C=O) groups is 4. The number of benzene rings is 2. The molecule has 3 rings (SSSR count). The van der Waals surface area contributed by atoms with Gasteiger partial charge in [0, 0.05) is 6.54 Å². The number of carboxylic acid groups (broad SMARTS) is 1. The van der Waals surface area contributed by atoms with Crippen molar-refractivity contribution < 1.29 is 29.4 Å². The molecule has 0 saturated carbocycles. The van der Waals surface area contributed by atoms with Crippen LogP contribution < -0.4 is 32.3 Å². The molecule has 0 aliphatic carbocycles. The van der Waals surface area contributed by atoms with Crippen LogP contribution in [0.15, 0.2) is 65.7 Å². The number of nitrogens with zero attached hydrogens (tertiary/aromatic N) is 1. The highest BCUT2D eigenvalue weighted by Crippen LogP contribution is 2.11. The molecule has 6 atom stereocenters. The van der Waals surface area contributed by atoms with Crippen molar-refractivity contribution in [2.45, 2.75) is 76.1 Å². The van der Waals surface area contributed by atoms with E-state index >= 15 is 0 Å². The number of hydrogen-bond donors (Lipinski definition) is 8. The second-order valence-corrected chi connectivity index (χ2v) is 11.2. The summed E-state index contributed by atoms with van der Waals surface area (Å²) in [5.41, 5.74) is 7.49. The highest BCUT2D eigenvalue weighted by Gasteiger charge is 2.35. The quantitative estimate of drug-likeness (QED) is 0.0863. The molecule has 0 saturated heterocycles. The summed E-state index contributed by atoms with van der Waals surface area (Å²) in [6.07, 6.45) is 0.0789. The molecule has 1 heterocycles. The largest absolute Gasteiger partial charge is 0.480 e. The van der Waals surface area contributed by atoms with Gasteiger partial charge in [-0.15, -0.1) is 0 Å². The predicted octanol–water partition coefficient (Wildman–Crippen LogP) is -0.360. The van der Waals surface area contributed by atoms with Gasteiger partial charge in [-0.2, -0.15) is 0 Å². The van der Waals surface area contributed by atoms with E-state index in [0.29, 0.717) is 25.7 Å². The van der Waals surface area contributed by atoms with E-state index in [1.165, 1.54) is 0 Å². The smallest absolute Gasteiger partial charge is 0.321 e. The lowest BCUT2D eigenvalue weighted by Gasteiger charge is -2.34. The van der Waals surface area contributed by atoms with Gasteiger partial charge in [0.15, 0.2) is 12.3 Å². The van der Waals surface area contributed by atoms with Crippen LogP contribution in [-0.4, -0.2) is 83.3 Å². The Hall–Kier alpha value is -4.33. The number of aldehydes is 1. The van der Waals surface area contributed by atoms with Crippen LogP contribution in [0.25, 0.3) is 0 Å². The Morgan fingerprint density at radius 3 is 2.11 bits per heavy atom. The van der Waals surface area contributed by atoms with Gasteiger partial charge < -0.3 is 36.7 Å². The Balaban J connectivity index is 1.74. The number of hydrogen-bond acceptors (Lipinski definition) is 10. The van der Waals surface area contributed by atoms with Crippen LogP contribution in [-0.2, 0) is 32.0 Å². The van der Waals surface area contributed by atoms with E-state index in [9.17, 15) is 29.4 Å². The summed E-state index contributed by atoms with van der Waals surface area (Å²) in [7, 11) is 0. The third kappa shape index (κ3) is 11.1. The van der Waals surface area contributed by atoms with Gasteiger partial charge in [-0.25, -0.2) is 0 Å². The summed E-state index contributed by atoms with van der Waals surface area (Å²) in [5.74, 6) is -2.21. The first-order valence-corrected chi connectivity index (χ1v) is 14.7. The van der Waals surface area contributed by atoms with Crippen molar-refractivity contribution in [1.82, 2.24) is 26.6 Å². The molecule has 2 unspecified atom stereocenters. The molecule has 13 heteroatoms. The molecule has 0 radical (unpaired) electrons. The number of guanidine groups is 1. The topological polar surface area (TPSA) is 207 Å². The molecule has 9 N–H and O–H groups in total. The number of carboxylic acids is 1. The van der Waals surface area contributed by atoms with Gasteiger partial charge in [-0.3, -0.25) is 30.0 Å². The molecule has 0 fully saturated rings. The van der Waals surface area contributed by atoms with Crippen molar-refractivity contribution in [2.24, 2.45) is 16.6 Å². The minimum Gasteiger partial charge on any atom is -0.480 e. The number of aliphatic imine (C=N–C) groups is 1. The average molecular weight is 610 g/mol. The van der Waals surface area contributed by atoms with E-state index < -0.39 is 54.3 Å². The molecule has 0 spiro atoms. The summed E-state index contributed by atoms with van der Waals surface area (Å²) in [5, 5.41) is 34.5. The summed E-state index contributed by atoms with van der Waals surface area (Å²) < 4.78 is 0. The number of nitrogens with two attached hydrogens (primary N) is 1. The number of aliphatic hydroxyl groups is 1. The predicted molar refractivity (Wildman–Crippen MR) is 165 cm³/mol. The number of rotatable bonds is 17. The van der Waals surface area contributed by atoms with E-state index in [1.54, 1.807) is 24.3 Å². The monoisotopic (exact) mass is 609 g/mol. The molecule has 0 bridgehead atoms. The molecule has 2 aromatic rings. The lowest BCUT2D eigenvalue weighted by Crippen LogP contribution is -2.66. The van der Waals surface area contributed by atoms with Crippen LogP contribution in [0.1, 0.15) is 37.8 Å². The Kier molecular flexibility index (Phi) is 13.3. The average Bonchev–Trinajstić information content (AvgIpc) is 2.99. The Morgan fingerprint density at radius 2 is 1.57 bits per heavy atom. The lowest BCUT2D eigenvalue weighted by molar-refractivity contribution is -0.141. The summed E-state index contributed by atoms with van der Waals surface area (Å²) in [4.78, 5) is 55.0. The van der Waals surface area contributed by atoms with Gasteiger partial charge in [-0.1, -0.05) is 74.5 Å². The third-order valence-corrected chi connectivity index (χ3v) is 7.15. The SMILES string of the molecule is CC(C)C[C@H](NC(=O)[C@@H](NC(O)N[C@@H](Cc1ccccc1)C(=O)O)C1CCN=C(N)N1)C(=O)N[C@H](C=O)Cc1ccccc1. The standard InChI is InChI=1S/C31H43N7O6/c1-19(2)15-24(27(40)34-22(18-39)16-20-9-5-3-6-10-20)35-28(41)26(23-13-14-33-30(32)36-23)38-31(44)37-25(29(42)43)17-21-11-7-4-8-12-21/h3-12,18-19,22-26,31,37-38,44H,13-17H2,1-2H3,(H,34,40)(H,35,41)(H,42,43)(H3,32,33,36)/t22-,23?,24-,25-,26-,31?/m0/s1. The van der Waals surface area contributed by atoms with Crippen molar-refractivity contribution in [1.29, 1.82) is 0 Å². The summed E-state index contributed by atoms with van der Waals surface area (Å²) in [6.45, 7) is 4.12. The molecular weight excluding hydrogens is 566 g/mol. The van der Waals surface area contributed by atoms with E-state index in [2.05, 4.69) is 31.6 Å². The fourth-order valence-corrected chi connectivity index (χ4v) is 4.98. The molecular formula is C31H43N7O6. The summed E-state index contributed by atoms with van der Waals surface area (Å²) >= 11 is 0. The first kappa shape index (κ1) is 34.2. The van der Waals surface area contributed by atoms with Crippen molar-refractivity contribution in [2.75, 3.05) is 6.54 Å². The number of amides is 2. The fourth-order valence-electron chi connectivity index (χ4n) is 4.98.